The number of anilines is 1. The Labute approximate surface area is 214 Å². The molecule has 8 nitrogen and oxygen atoms in total. The van der Waals surface area contributed by atoms with Gasteiger partial charge in [0.1, 0.15) is 23.6 Å². The number of rotatable bonds is 2. The van der Waals surface area contributed by atoms with Crippen molar-refractivity contribution in [1.82, 2.24) is 24.4 Å². The van der Waals surface area contributed by atoms with Crippen molar-refractivity contribution in [3.05, 3.63) is 42.0 Å². The molecule has 4 heterocycles. The number of ether oxygens (including phenoxy) is 1. The molecule has 38 heavy (non-hydrogen) atoms. The molecular formula is C24H26F6N6O2. The highest BCUT2D eigenvalue weighted by Gasteiger charge is 2.41. The number of hydrogen-bond donors (Lipinski definition) is 0. The SMILES string of the molecule is C[C@@H]1CN(c2ncnc3c2c(C(F)(F)F)cn3-c2cc(C(F)(F)F)ccn2)[C@@H](C)CN1C(=O)OC(C)(C)C. The summed E-state index contributed by atoms with van der Waals surface area (Å²) in [6, 6.07) is 0.486. The summed E-state index contributed by atoms with van der Waals surface area (Å²) in [4.78, 5) is 27.8. The molecule has 2 atom stereocenters. The summed E-state index contributed by atoms with van der Waals surface area (Å²) in [7, 11) is 0. The molecule has 1 aliphatic heterocycles. The minimum Gasteiger partial charge on any atom is -0.444 e. The van der Waals surface area contributed by atoms with Gasteiger partial charge in [-0.3, -0.25) is 4.57 Å². The number of halogens is 6. The highest BCUT2D eigenvalue weighted by atomic mass is 19.4. The van der Waals surface area contributed by atoms with E-state index < -0.39 is 47.3 Å². The average Bonchev–Trinajstić information content (AvgIpc) is 3.19. The third kappa shape index (κ3) is 5.34. The highest BCUT2D eigenvalue weighted by Crippen LogP contribution is 2.41. The van der Waals surface area contributed by atoms with Crippen molar-refractivity contribution >= 4 is 22.9 Å². The maximum Gasteiger partial charge on any atom is 0.418 e. The van der Waals surface area contributed by atoms with Gasteiger partial charge in [-0.1, -0.05) is 0 Å². The number of pyridine rings is 1. The van der Waals surface area contributed by atoms with Crippen molar-refractivity contribution in [2.75, 3.05) is 18.0 Å². The molecule has 0 unspecified atom stereocenters. The Morgan fingerprint density at radius 2 is 1.66 bits per heavy atom. The van der Waals surface area contributed by atoms with Crippen LogP contribution in [0.2, 0.25) is 0 Å². The van der Waals surface area contributed by atoms with Crippen LogP contribution in [-0.4, -0.2) is 61.3 Å². The van der Waals surface area contributed by atoms with Crippen LogP contribution >= 0.6 is 0 Å². The number of amides is 1. The van der Waals surface area contributed by atoms with Crippen LogP contribution in [0.4, 0.5) is 37.0 Å². The van der Waals surface area contributed by atoms with E-state index in [-0.39, 0.29) is 35.8 Å². The standard InChI is InChI=1S/C24H26F6N6O2/c1-13-10-35(21(37)38-22(3,4)5)14(2)9-34(13)19-18-16(24(28,29)30)11-36(20(18)33-12-32-19)17-8-15(6-7-31-17)23(25,26)27/h6-8,11-14H,9-10H2,1-5H3/t13-,14+/m0/s1. The smallest absolute Gasteiger partial charge is 0.418 e. The number of carbonyl (C=O) groups is 1. The first-order chi connectivity index (χ1) is 17.5. The summed E-state index contributed by atoms with van der Waals surface area (Å²) in [5.74, 6) is -0.419. The summed E-state index contributed by atoms with van der Waals surface area (Å²) >= 11 is 0. The van der Waals surface area contributed by atoms with Gasteiger partial charge in [-0.25, -0.2) is 19.7 Å². The topological polar surface area (TPSA) is 76.4 Å². The molecule has 3 aromatic heterocycles. The molecule has 3 aromatic rings. The second-order valence-corrected chi connectivity index (χ2v) is 10.2. The van der Waals surface area contributed by atoms with Crippen LogP contribution in [-0.2, 0) is 17.1 Å². The molecule has 1 saturated heterocycles. The largest absolute Gasteiger partial charge is 0.444 e. The van der Waals surface area contributed by atoms with Gasteiger partial charge in [-0.15, -0.1) is 0 Å². The van der Waals surface area contributed by atoms with E-state index in [4.69, 9.17) is 4.74 Å². The molecule has 1 aliphatic rings. The number of piperazine rings is 1. The number of carbonyl (C=O) groups excluding carboxylic acids is 1. The lowest BCUT2D eigenvalue weighted by molar-refractivity contribution is -0.138. The number of fused-ring (bicyclic) bond motifs is 1. The Hall–Kier alpha value is -3.58. The fraction of sp³-hybridized carbons (Fsp3) is 0.500. The fourth-order valence-electron chi connectivity index (χ4n) is 4.38. The lowest BCUT2D eigenvalue weighted by atomic mass is 10.1. The van der Waals surface area contributed by atoms with E-state index in [1.807, 2.05) is 0 Å². The van der Waals surface area contributed by atoms with Crippen LogP contribution in [0.25, 0.3) is 16.9 Å². The lowest BCUT2D eigenvalue weighted by Gasteiger charge is -2.44. The predicted octanol–water partition coefficient (Wildman–Crippen LogP) is 5.69. The molecule has 0 bridgehead atoms. The second-order valence-electron chi connectivity index (χ2n) is 10.2. The normalized spacial score (nSPS) is 19.2. The Bertz CT molecular complexity index is 1350. The monoisotopic (exact) mass is 544 g/mol. The third-order valence-corrected chi connectivity index (χ3v) is 6.07. The molecule has 0 saturated carbocycles. The molecule has 0 aromatic carbocycles. The minimum atomic E-state index is -4.86. The van der Waals surface area contributed by atoms with Crippen LogP contribution in [0.15, 0.2) is 30.9 Å². The molecule has 4 rings (SSSR count). The van der Waals surface area contributed by atoms with Gasteiger partial charge >= 0.3 is 18.4 Å². The number of nitrogens with zero attached hydrogens (tertiary/aromatic N) is 6. The maximum atomic E-state index is 14.2. The molecule has 0 radical (unpaired) electrons. The molecular weight excluding hydrogens is 518 g/mol. The number of aromatic nitrogens is 4. The van der Waals surface area contributed by atoms with Crippen molar-refractivity contribution < 1.29 is 35.9 Å². The van der Waals surface area contributed by atoms with Crippen LogP contribution in [0.1, 0.15) is 45.7 Å². The second kappa shape index (κ2) is 9.31. The average molecular weight is 545 g/mol. The zero-order valence-corrected chi connectivity index (χ0v) is 21.2. The van der Waals surface area contributed by atoms with Crippen LogP contribution in [0, 0.1) is 0 Å². The van der Waals surface area contributed by atoms with Crippen molar-refractivity contribution in [2.24, 2.45) is 0 Å². The van der Waals surface area contributed by atoms with Crippen LogP contribution < -0.4 is 4.90 Å². The van der Waals surface area contributed by atoms with E-state index in [0.29, 0.717) is 12.3 Å². The van der Waals surface area contributed by atoms with E-state index in [0.717, 1.165) is 23.2 Å². The van der Waals surface area contributed by atoms with Gasteiger partial charge in [-0.2, -0.15) is 26.3 Å². The first-order valence-corrected chi connectivity index (χ1v) is 11.7. The molecule has 0 aliphatic carbocycles. The first-order valence-electron chi connectivity index (χ1n) is 11.7. The zero-order chi connectivity index (χ0) is 28.2. The predicted molar refractivity (Wildman–Crippen MR) is 126 cm³/mol. The molecule has 14 heteroatoms. The summed E-state index contributed by atoms with van der Waals surface area (Å²) in [5, 5.41) is -0.371. The van der Waals surface area contributed by atoms with Crippen molar-refractivity contribution in [1.29, 1.82) is 0 Å². The van der Waals surface area contributed by atoms with Gasteiger partial charge in [0.15, 0.2) is 5.65 Å². The molecule has 1 amide bonds. The zero-order valence-electron chi connectivity index (χ0n) is 21.2. The van der Waals surface area contributed by atoms with Crippen molar-refractivity contribution in [2.45, 2.75) is 64.7 Å². The number of hydrogen-bond acceptors (Lipinski definition) is 6. The fourth-order valence-corrected chi connectivity index (χ4v) is 4.38. The molecule has 0 spiro atoms. The lowest BCUT2D eigenvalue weighted by Crippen LogP contribution is -2.59. The van der Waals surface area contributed by atoms with Gasteiger partial charge < -0.3 is 14.5 Å². The maximum absolute atomic E-state index is 14.2. The quantitative estimate of drug-likeness (QED) is 0.386. The van der Waals surface area contributed by atoms with E-state index in [2.05, 4.69) is 15.0 Å². The Balaban J connectivity index is 1.80. The van der Waals surface area contributed by atoms with Crippen LogP contribution in [0.5, 0.6) is 0 Å². The summed E-state index contributed by atoms with van der Waals surface area (Å²) < 4.78 is 88.8. The molecule has 1 fully saturated rings. The number of alkyl halides is 6. The first kappa shape index (κ1) is 27.5. The van der Waals surface area contributed by atoms with E-state index in [1.165, 1.54) is 4.90 Å². The van der Waals surface area contributed by atoms with Gasteiger partial charge in [-0.05, 0) is 46.8 Å². The highest BCUT2D eigenvalue weighted by molar-refractivity contribution is 5.93. The Morgan fingerprint density at radius 1 is 0.974 bits per heavy atom. The van der Waals surface area contributed by atoms with Gasteiger partial charge in [0.25, 0.3) is 0 Å². The molecule has 0 N–H and O–H groups in total. The van der Waals surface area contributed by atoms with Gasteiger partial charge in [0.05, 0.1) is 16.5 Å². The van der Waals surface area contributed by atoms with E-state index in [1.54, 1.807) is 39.5 Å². The van der Waals surface area contributed by atoms with Gasteiger partial charge in [0.2, 0.25) is 0 Å². The summed E-state index contributed by atoms with van der Waals surface area (Å²) in [6.07, 6.45) is -7.51. The minimum absolute atomic E-state index is 0.0451. The van der Waals surface area contributed by atoms with E-state index >= 15 is 0 Å². The van der Waals surface area contributed by atoms with Gasteiger partial charge in [0, 0.05) is 37.6 Å². The Morgan fingerprint density at radius 3 is 2.26 bits per heavy atom. The third-order valence-electron chi connectivity index (χ3n) is 6.07. The Kier molecular flexibility index (Phi) is 6.73. The van der Waals surface area contributed by atoms with E-state index in [9.17, 15) is 31.1 Å². The van der Waals surface area contributed by atoms with Crippen molar-refractivity contribution in [3.63, 3.8) is 0 Å². The summed E-state index contributed by atoms with van der Waals surface area (Å²) in [5.41, 5.74) is -3.15. The summed E-state index contributed by atoms with van der Waals surface area (Å²) in [6.45, 7) is 8.95. The van der Waals surface area contributed by atoms with Crippen LogP contribution in [0.3, 0.4) is 0 Å². The molecule has 206 valence electrons. The van der Waals surface area contributed by atoms with Crippen molar-refractivity contribution in [3.8, 4) is 5.82 Å².